The van der Waals surface area contributed by atoms with E-state index in [0.29, 0.717) is 19.6 Å². The zero-order valence-electron chi connectivity index (χ0n) is 11.5. The van der Waals surface area contributed by atoms with Crippen LogP contribution in [-0.2, 0) is 9.53 Å². The Balaban J connectivity index is 3.64. The van der Waals surface area contributed by atoms with E-state index < -0.39 is 0 Å². The van der Waals surface area contributed by atoms with Crippen LogP contribution in [0.4, 0.5) is 0 Å². The molecule has 0 aromatic heterocycles. The average Bonchev–Trinajstić information content (AvgIpc) is 2.26. The standard InChI is InChI=1S/C13H24N2O2/c1-5-17-12(16)7-10-15(4)9-6-8-13(2,3)11-14/h5-10H2,1-4H3. The highest BCUT2D eigenvalue weighted by molar-refractivity contribution is 5.69. The van der Waals surface area contributed by atoms with Crippen molar-refractivity contribution in [2.45, 2.75) is 40.0 Å². The van der Waals surface area contributed by atoms with Crippen molar-refractivity contribution in [1.29, 1.82) is 5.26 Å². The van der Waals surface area contributed by atoms with Gasteiger partial charge >= 0.3 is 5.97 Å². The van der Waals surface area contributed by atoms with Gasteiger partial charge in [0.1, 0.15) is 0 Å². The number of nitrogens with zero attached hydrogens (tertiary/aromatic N) is 2. The van der Waals surface area contributed by atoms with Gasteiger partial charge in [-0.3, -0.25) is 4.79 Å². The van der Waals surface area contributed by atoms with Crippen molar-refractivity contribution in [3.63, 3.8) is 0 Å². The van der Waals surface area contributed by atoms with Crippen LogP contribution in [0.5, 0.6) is 0 Å². The number of ether oxygens (including phenoxy) is 1. The molecule has 0 N–H and O–H groups in total. The van der Waals surface area contributed by atoms with Crippen LogP contribution in [0.2, 0.25) is 0 Å². The van der Waals surface area contributed by atoms with Gasteiger partial charge in [0.2, 0.25) is 0 Å². The molecule has 0 saturated heterocycles. The molecule has 0 heterocycles. The van der Waals surface area contributed by atoms with E-state index >= 15 is 0 Å². The summed E-state index contributed by atoms with van der Waals surface area (Å²) in [5.41, 5.74) is -0.248. The molecule has 0 aliphatic heterocycles. The molecule has 0 atom stereocenters. The predicted octanol–water partition coefficient (Wildman–Crippen LogP) is 2.20. The first-order valence-electron chi connectivity index (χ1n) is 6.16. The lowest BCUT2D eigenvalue weighted by atomic mass is 9.90. The van der Waals surface area contributed by atoms with Gasteiger partial charge in [-0.25, -0.2) is 0 Å². The molecule has 4 heteroatoms. The SMILES string of the molecule is CCOC(=O)CCN(C)CCCC(C)(C)C#N. The lowest BCUT2D eigenvalue weighted by molar-refractivity contribution is -0.143. The second-order valence-electron chi connectivity index (χ2n) is 4.96. The minimum Gasteiger partial charge on any atom is -0.466 e. The maximum absolute atomic E-state index is 11.1. The number of nitriles is 1. The second kappa shape index (κ2) is 8.08. The lowest BCUT2D eigenvalue weighted by Gasteiger charge is -2.19. The van der Waals surface area contributed by atoms with E-state index in [0.717, 1.165) is 19.4 Å². The van der Waals surface area contributed by atoms with Crippen LogP contribution in [0.1, 0.15) is 40.0 Å². The molecule has 0 spiro atoms. The Morgan fingerprint density at radius 2 is 2.06 bits per heavy atom. The summed E-state index contributed by atoms with van der Waals surface area (Å²) in [7, 11) is 1.98. The number of rotatable bonds is 8. The lowest BCUT2D eigenvalue weighted by Crippen LogP contribution is -2.24. The Labute approximate surface area is 105 Å². The number of carbonyl (C=O) groups is 1. The van der Waals surface area contributed by atoms with E-state index in [4.69, 9.17) is 10.00 Å². The number of hydrogen-bond donors (Lipinski definition) is 0. The average molecular weight is 240 g/mol. The third-order valence-corrected chi connectivity index (χ3v) is 2.65. The van der Waals surface area contributed by atoms with E-state index in [1.54, 1.807) is 0 Å². The quantitative estimate of drug-likeness (QED) is 0.610. The van der Waals surface area contributed by atoms with Gasteiger partial charge in [-0.05, 0) is 47.2 Å². The van der Waals surface area contributed by atoms with Gasteiger partial charge in [0.05, 0.1) is 24.5 Å². The van der Waals surface area contributed by atoms with E-state index in [1.165, 1.54) is 0 Å². The monoisotopic (exact) mass is 240 g/mol. The first kappa shape index (κ1) is 15.9. The molecule has 4 nitrogen and oxygen atoms in total. The van der Waals surface area contributed by atoms with Crippen molar-refractivity contribution in [3.8, 4) is 6.07 Å². The summed E-state index contributed by atoms with van der Waals surface area (Å²) >= 11 is 0. The summed E-state index contributed by atoms with van der Waals surface area (Å²) in [5.74, 6) is -0.142. The van der Waals surface area contributed by atoms with E-state index in [-0.39, 0.29) is 11.4 Å². The van der Waals surface area contributed by atoms with Gasteiger partial charge in [-0.2, -0.15) is 5.26 Å². The van der Waals surface area contributed by atoms with Gasteiger partial charge in [-0.15, -0.1) is 0 Å². The summed E-state index contributed by atoms with van der Waals surface area (Å²) in [6.45, 7) is 7.78. The fourth-order valence-corrected chi connectivity index (χ4v) is 1.47. The predicted molar refractivity (Wildman–Crippen MR) is 67.4 cm³/mol. The first-order chi connectivity index (χ1) is 7.91. The molecule has 0 bridgehead atoms. The molecule has 0 saturated carbocycles. The molecular weight excluding hydrogens is 216 g/mol. The number of carbonyl (C=O) groups excluding carboxylic acids is 1. The first-order valence-corrected chi connectivity index (χ1v) is 6.16. The summed E-state index contributed by atoms with van der Waals surface area (Å²) in [6, 6.07) is 2.29. The highest BCUT2D eigenvalue weighted by atomic mass is 16.5. The largest absolute Gasteiger partial charge is 0.466 e. The van der Waals surface area contributed by atoms with Gasteiger partial charge in [0.25, 0.3) is 0 Å². The van der Waals surface area contributed by atoms with Crippen molar-refractivity contribution in [3.05, 3.63) is 0 Å². The zero-order valence-corrected chi connectivity index (χ0v) is 11.5. The maximum atomic E-state index is 11.1. The molecule has 0 rings (SSSR count). The fourth-order valence-electron chi connectivity index (χ4n) is 1.47. The van der Waals surface area contributed by atoms with Gasteiger partial charge in [0, 0.05) is 6.54 Å². The zero-order chi connectivity index (χ0) is 13.3. The highest BCUT2D eigenvalue weighted by Crippen LogP contribution is 2.20. The minimum atomic E-state index is -0.248. The molecule has 0 fully saturated rings. The fraction of sp³-hybridized carbons (Fsp3) is 0.846. The van der Waals surface area contributed by atoms with Gasteiger partial charge in [-0.1, -0.05) is 0 Å². The number of hydrogen-bond acceptors (Lipinski definition) is 4. The van der Waals surface area contributed by atoms with Crippen molar-refractivity contribution in [2.75, 3.05) is 26.7 Å². The summed E-state index contributed by atoms with van der Waals surface area (Å²) < 4.78 is 4.86. The smallest absolute Gasteiger partial charge is 0.307 e. The molecule has 0 aliphatic carbocycles. The topological polar surface area (TPSA) is 53.3 Å². The molecule has 0 amide bonds. The summed E-state index contributed by atoms with van der Waals surface area (Å²) in [4.78, 5) is 13.2. The third-order valence-electron chi connectivity index (χ3n) is 2.65. The van der Waals surface area contributed by atoms with Crippen LogP contribution < -0.4 is 0 Å². The molecule has 0 radical (unpaired) electrons. The van der Waals surface area contributed by atoms with Crippen molar-refractivity contribution < 1.29 is 9.53 Å². The van der Waals surface area contributed by atoms with E-state index in [9.17, 15) is 4.79 Å². The molecular formula is C13H24N2O2. The van der Waals surface area contributed by atoms with Crippen LogP contribution in [0.25, 0.3) is 0 Å². The summed E-state index contributed by atoms with van der Waals surface area (Å²) in [6.07, 6.45) is 2.29. The van der Waals surface area contributed by atoms with Crippen LogP contribution in [0.15, 0.2) is 0 Å². The van der Waals surface area contributed by atoms with E-state index in [1.807, 2.05) is 27.8 Å². The van der Waals surface area contributed by atoms with Crippen molar-refractivity contribution in [1.82, 2.24) is 4.90 Å². The Hall–Kier alpha value is -1.08. The minimum absolute atomic E-state index is 0.142. The molecule has 17 heavy (non-hydrogen) atoms. The Morgan fingerprint density at radius 1 is 1.41 bits per heavy atom. The van der Waals surface area contributed by atoms with Crippen LogP contribution >= 0.6 is 0 Å². The molecule has 0 aliphatic rings. The van der Waals surface area contributed by atoms with Gasteiger partial charge < -0.3 is 9.64 Å². The molecule has 98 valence electrons. The molecule has 0 aromatic rings. The normalized spacial score (nSPS) is 11.3. The Bertz CT molecular complexity index is 269. The second-order valence-corrected chi connectivity index (χ2v) is 4.96. The van der Waals surface area contributed by atoms with Crippen LogP contribution in [-0.4, -0.2) is 37.6 Å². The maximum Gasteiger partial charge on any atom is 0.307 e. The highest BCUT2D eigenvalue weighted by Gasteiger charge is 2.16. The van der Waals surface area contributed by atoms with Gasteiger partial charge in [0.15, 0.2) is 0 Å². The van der Waals surface area contributed by atoms with Crippen molar-refractivity contribution in [2.24, 2.45) is 5.41 Å². The van der Waals surface area contributed by atoms with Crippen LogP contribution in [0.3, 0.4) is 0 Å². The van der Waals surface area contributed by atoms with E-state index in [2.05, 4.69) is 11.0 Å². The Kier molecular flexibility index (Phi) is 7.56. The summed E-state index contributed by atoms with van der Waals surface area (Å²) in [5, 5.41) is 8.87. The Morgan fingerprint density at radius 3 is 2.59 bits per heavy atom. The molecule has 0 unspecified atom stereocenters. The molecule has 0 aromatic carbocycles. The van der Waals surface area contributed by atoms with Crippen LogP contribution in [0, 0.1) is 16.7 Å². The number of esters is 1. The third kappa shape index (κ3) is 8.70. The van der Waals surface area contributed by atoms with Crippen molar-refractivity contribution >= 4 is 5.97 Å².